The van der Waals surface area contributed by atoms with Crippen molar-refractivity contribution in [1.29, 1.82) is 0 Å². The fraction of sp³-hybridized carbons (Fsp3) is 0.316. The molecule has 0 atom stereocenters. The molecule has 0 saturated carbocycles. The lowest BCUT2D eigenvalue weighted by Crippen LogP contribution is -2.41. The summed E-state index contributed by atoms with van der Waals surface area (Å²) < 4.78 is 0. The molecule has 0 saturated heterocycles. The Morgan fingerprint density at radius 2 is 0.750 bits per heavy atom. The number of hydrogen-bond donors (Lipinski definition) is 2. The summed E-state index contributed by atoms with van der Waals surface area (Å²) in [6, 6.07) is 40.8. The normalized spacial score (nSPS) is 10.6. The summed E-state index contributed by atoms with van der Waals surface area (Å²) in [5, 5.41) is 6.25. The van der Waals surface area contributed by atoms with E-state index in [1.54, 1.807) is 0 Å². The average molecular weight is 591 g/mol. The highest BCUT2D eigenvalue weighted by molar-refractivity contribution is 5.74. The van der Waals surface area contributed by atoms with E-state index in [9.17, 15) is 9.59 Å². The van der Waals surface area contributed by atoms with Gasteiger partial charge in [0.15, 0.2) is 0 Å². The minimum atomic E-state index is -0.0222. The molecule has 0 aliphatic heterocycles. The molecule has 0 aliphatic carbocycles. The number of carbonyl (C=O) groups is 2. The number of urea groups is 2. The maximum atomic E-state index is 13.1. The second kappa shape index (κ2) is 18.9. The van der Waals surface area contributed by atoms with E-state index < -0.39 is 0 Å². The van der Waals surface area contributed by atoms with Crippen LogP contribution in [0, 0.1) is 0 Å². The summed E-state index contributed by atoms with van der Waals surface area (Å²) in [4.78, 5) is 30.0. The van der Waals surface area contributed by atoms with E-state index in [1.807, 2.05) is 82.6 Å². The van der Waals surface area contributed by atoms with Gasteiger partial charge in [-0.05, 0) is 47.9 Å². The lowest BCUT2D eigenvalue weighted by atomic mass is 10.1. The summed E-state index contributed by atoms with van der Waals surface area (Å²) in [5.74, 6) is 0. The summed E-state index contributed by atoms with van der Waals surface area (Å²) >= 11 is 0. The van der Waals surface area contributed by atoms with Gasteiger partial charge < -0.3 is 20.4 Å². The molecule has 4 aromatic carbocycles. The van der Waals surface area contributed by atoms with Crippen LogP contribution < -0.4 is 10.6 Å². The number of carbonyl (C=O) groups excluding carboxylic acids is 2. The van der Waals surface area contributed by atoms with E-state index in [-0.39, 0.29) is 12.1 Å². The zero-order valence-electron chi connectivity index (χ0n) is 25.7. The number of unbranched alkanes of at least 4 members (excludes halogenated alkanes) is 3. The monoisotopic (exact) mass is 590 g/mol. The maximum absolute atomic E-state index is 13.1. The molecule has 0 heterocycles. The van der Waals surface area contributed by atoms with E-state index in [0.717, 1.165) is 49.7 Å². The van der Waals surface area contributed by atoms with Crippen LogP contribution in [-0.2, 0) is 25.9 Å². The van der Waals surface area contributed by atoms with E-state index in [1.165, 1.54) is 11.1 Å². The van der Waals surface area contributed by atoms with E-state index in [0.29, 0.717) is 39.3 Å². The summed E-state index contributed by atoms with van der Waals surface area (Å²) in [6.45, 7) is 3.80. The maximum Gasteiger partial charge on any atom is 0.317 e. The second-order valence-corrected chi connectivity index (χ2v) is 11.2. The molecule has 6 nitrogen and oxygen atoms in total. The smallest absolute Gasteiger partial charge is 0.317 e. The van der Waals surface area contributed by atoms with Crippen molar-refractivity contribution in [1.82, 2.24) is 20.4 Å². The van der Waals surface area contributed by atoms with Crippen LogP contribution in [0.25, 0.3) is 0 Å². The Bertz CT molecular complexity index is 1240. The lowest BCUT2D eigenvalue weighted by Gasteiger charge is -2.24. The van der Waals surface area contributed by atoms with Crippen LogP contribution in [0.5, 0.6) is 0 Å². The number of rotatable bonds is 17. The summed E-state index contributed by atoms with van der Waals surface area (Å²) in [6.07, 6.45) is 5.47. The molecule has 0 unspecified atom stereocenters. The third-order valence-electron chi connectivity index (χ3n) is 7.69. The third kappa shape index (κ3) is 12.0. The Hall–Kier alpha value is -4.58. The lowest BCUT2D eigenvalue weighted by molar-refractivity contribution is 0.194. The molecular weight excluding hydrogens is 544 g/mol. The van der Waals surface area contributed by atoms with Gasteiger partial charge in [-0.2, -0.15) is 0 Å². The highest BCUT2D eigenvalue weighted by Gasteiger charge is 2.15. The van der Waals surface area contributed by atoms with E-state index in [4.69, 9.17) is 0 Å². The van der Waals surface area contributed by atoms with E-state index >= 15 is 0 Å². The van der Waals surface area contributed by atoms with Gasteiger partial charge in [0.2, 0.25) is 0 Å². The predicted molar refractivity (Wildman–Crippen MR) is 179 cm³/mol. The van der Waals surface area contributed by atoms with Crippen molar-refractivity contribution in [2.24, 2.45) is 0 Å². The highest BCUT2D eigenvalue weighted by atomic mass is 16.2. The van der Waals surface area contributed by atoms with Crippen molar-refractivity contribution in [3.05, 3.63) is 144 Å². The minimum Gasteiger partial charge on any atom is -0.338 e. The molecule has 230 valence electrons. The molecule has 4 aromatic rings. The molecule has 0 fully saturated rings. The molecule has 6 heteroatoms. The quantitative estimate of drug-likeness (QED) is 0.125. The number of nitrogens with one attached hydrogen (secondary N) is 2. The Balaban J connectivity index is 1.14. The molecule has 0 aromatic heterocycles. The van der Waals surface area contributed by atoms with Gasteiger partial charge >= 0.3 is 12.1 Å². The van der Waals surface area contributed by atoms with Gasteiger partial charge in [-0.1, -0.05) is 134 Å². The molecule has 4 amide bonds. The number of benzene rings is 4. The summed E-state index contributed by atoms with van der Waals surface area (Å²) in [7, 11) is 0. The van der Waals surface area contributed by atoms with Gasteiger partial charge in [-0.3, -0.25) is 0 Å². The SMILES string of the molecule is O=C(NCCCCCCNC(=O)N(CCc1ccccc1)Cc1ccccc1)N(CCc1ccccc1)Cc1ccccc1. The fourth-order valence-corrected chi connectivity index (χ4v) is 5.15. The highest BCUT2D eigenvalue weighted by Crippen LogP contribution is 2.10. The topological polar surface area (TPSA) is 64.7 Å². The van der Waals surface area contributed by atoms with Crippen LogP contribution in [0.1, 0.15) is 47.9 Å². The largest absolute Gasteiger partial charge is 0.338 e. The van der Waals surface area contributed by atoms with E-state index in [2.05, 4.69) is 59.2 Å². The summed E-state index contributed by atoms with van der Waals surface area (Å²) in [5.41, 5.74) is 4.70. The fourth-order valence-electron chi connectivity index (χ4n) is 5.15. The van der Waals surface area contributed by atoms with Crippen LogP contribution in [0.15, 0.2) is 121 Å². The molecule has 0 aliphatic rings. The number of nitrogens with zero attached hydrogens (tertiary/aromatic N) is 2. The standard InChI is InChI=1S/C38H46N4O2/c43-37(41(31-35-21-11-5-12-22-35)29-25-33-17-7-3-8-18-33)39-27-15-1-2-16-28-40-38(44)42(32-36-23-13-6-14-24-36)30-26-34-19-9-4-10-20-34/h3-14,17-24H,1-2,15-16,25-32H2,(H,39,43)(H,40,44). The Kier molecular flexibility index (Phi) is 13.9. The van der Waals surface area contributed by atoms with Gasteiger partial charge in [0.05, 0.1) is 0 Å². The molecule has 4 rings (SSSR count). The molecule has 0 spiro atoms. The van der Waals surface area contributed by atoms with Gasteiger partial charge in [0.1, 0.15) is 0 Å². The Labute approximate surface area is 263 Å². The van der Waals surface area contributed by atoms with Gasteiger partial charge in [0.25, 0.3) is 0 Å². The predicted octanol–water partition coefficient (Wildman–Crippen LogP) is 7.46. The van der Waals surface area contributed by atoms with Gasteiger partial charge in [-0.15, -0.1) is 0 Å². The van der Waals surface area contributed by atoms with Crippen molar-refractivity contribution >= 4 is 12.1 Å². The van der Waals surface area contributed by atoms with Crippen molar-refractivity contribution in [3.63, 3.8) is 0 Å². The minimum absolute atomic E-state index is 0.0222. The Morgan fingerprint density at radius 3 is 1.09 bits per heavy atom. The second-order valence-electron chi connectivity index (χ2n) is 11.2. The molecule has 2 N–H and O–H groups in total. The average Bonchev–Trinajstić information content (AvgIpc) is 3.07. The van der Waals surface area contributed by atoms with Crippen molar-refractivity contribution in [2.45, 2.75) is 51.6 Å². The van der Waals surface area contributed by atoms with Gasteiger partial charge in [-0.25, -0.2) is 9.59 Å². The zero-order valence-corrected chi connectivity index (χ0v) is 25.7. The first-order valence-corrected chi connectivity index (χ1v) is 15.9. The third-order valence-corrected chi connectivity index (χ3v) is 7.69. The first-order chi connectivity index (χ1) is 21.7. The van der Waals surface area contributed by atoms with Crippen LogP contribution >= 0.6 is 0 Å². The molecular formula is C38H46N4O2. The molecule has 44 heavy (non-hydrogen) atoms. The molecule has 0 bridgehead atoms. The first kappa shape index (κ1) is 32.3. The van der Waals surface area contributed by atoms with Crippen LogP contribution in [0.3, 0.4) is 0 Å². The van der Waals surface area contributed by atoms with Crippen molar-refractivity contribution in [2.75, 3.05) is 26.2 Å². The van der Waals surface area contributed by atoms with Crippen molar-refractivity contribution in [3.8, 4) is 0 Å². The zero-order chi connectivity index (χ0) is 30.7. The van der Waals surface area contributed by atoms with Crippen molar-refractivity contribution < 1.29 is 9.59 Å². The van der Waals surface area contributed by atoms with Crippen LogP contribution in [0.4, 0.5) is 9.59 Å². The van der Waals surface area contributed by atoms with Crippen LogP contribution in [-0.4, -0.2) is 48.0 Å². The van der Waals surface area contributed by atoms with Crippen LogP contribution in [0.2, 0.25) is 0 Å². The Morgan fingerprint density at radius 1 is 0.432 bits per heavy atom. The number of hydrogen-bond acceptors (Lipinski definition) is 2. The molecule has 0 radical (unpaired) electrons. The van der Waals surface area contributed by atoms with Gasteiger partial charge in [0, 0.05) is 39.3 Å². The number of amides is 4. The first-order valence-electron chi connectivity index (χ1n) is 15.9.